The van der Waals surface area contributed by atoms with Gasteiger partial charge >= 0.3 is 26.4 Å². The molecule has 2 heterocycles. The molecule has 0 saturated heterocycles. The third kappa shape index (κ3) is 9.18. The summed E-state index contributed by atoms with van der Waals surface area (Å²) in [6.45, 7) is 2.84. The van der Waals surface area contributed by atoms with Gasteiger partial charge in [0.05, 0.1) is 24.6 Å². The number of nitrogen functional groups attached to an aromatic ring is 1. The second-order valence-electron chi connectivity index (χ2n) is 7.82. The van der Waals surface area contributed by atoms with Crippen LogP contribution in [0.1, 0.15) is 40.2 Å². The molecule has 202 valence electrons. The minimum absolute atomic E-state index is 0.0593. The first-order chi connectivity index (χ1) is 16.9. The van der Waals surface area contributed by atoms with Crippen LogP contribution in [0.4, 0.5) is 19.8 Å². The van der Waals surface area contributed by atoms with E-state index in [2.05, 4.69) is 24.4 Å². The number of fused-ring (bicyclic) bond motifs is 1. The molecule has 0 aliphatic heterocycles. The number of alkyl halides is 1. The van der Waals surface area contributed by atoms with Gasteiger partial charge in [-0.2, -0.15) is 0 Å². The fourth-order valence-corrected chi connectivity index (χ4v) is 3.43. The number of rotatable bonds is 13. The van der Waals surface area contributed by atoms with Crippen LogP contribution in [0.3, 0.4) is 0 Å². The molecule has 0 aromatic carbocycles. The Bertz CT molecular complexity index is 1040. The standard InChI is InChI=1S/C19H29FN5O10P/c1-11(2)31-17(26)33-19(34-18(27)32-12(3)4)35-36(28,29)10-30-6-5-13(7-20)25-9-24-14-15(21)22-8-23-16(14)25/h8-9,11-13,19H,5-7,10H2,1-4H3,(H,28,29)(H2,21,22,23). The Labute approximate surface area is 205 Å². The Hall–Kier alpha value is -3.07. The highest BCUT2D eigenvalue weighted by atomic mass is 31.2. The Morgan fingerprint density at radius 1 is 1.08 bits per heavy atom. The van der Waals surface area contributed by atoms with E-state index in [1.54, 1.807) is 0 Å². The molecule has 3 N–H and O–H groups in total. The minimum Gasteiger partial charge on any atom is -0.431 e. The van der Waals surface area contributed by atoms with Gasteiger partial charge in [-0.05, 0) is 34.1 Å². The summed E-state index contributed by atoms with van der Waals surface area (Å²) in [5, 5.41) is 0. The molecule has 17 heteroatoms. The molecule has 2 aromatic heterocycles. The number of aromatic nitrogens is 4. The van der Waals surface area contributed by atoms with Crippen LogP contribution in [0, 0.1) is 0 Å². The molecule has 0 saturated carbocycles. The van der Waals surface area contributed by atoms with Crippen LogP contribution in [0.15, 0.2) is 12.7 Å². The summed E-state index contributed by atoms with van der Waals surface area (Å²) < 4.78 is 56.2. The smallest absolute Gasteiger partial charge is 0.431 e. The number of anilines is 1. The van der Waals surface area contributed by atoms with E-state index >= 15 is 0 Å². The summed E-state index contributed by atoms with van der Waals surface area (Å²) in [7, 11) is -4.64. The van der Waals surface area contributed by atoms with Crippen LogP contribution in [0.25, 0.3) is 11.2 Å². The molecule has 2 unspecified atom stereocenters. The highest BCUT2D eigenvalue weighted by molar-refractivity contribution is 7.52. The van der Waals surface area contributed by atoms with Crippen LogP contribution in [0.2, 0.25) is 0 Å². The first-order valence-electron chi connectivity index (χ1n) is 10.7. The lowest BCUT2D eigenvalue weighted by Gasteiger charge is -2.21. The number of halogens is 1. The number of hydrogen-bond donors (Lipinski definition) is 2. The Morgan fingerprint density at radius 3 is 2.25 bits per heavy atom. The molecular formula is C19H29FN5O10P. The summed E-state index contributed by atoms with van der Waals surface area (Å²) in [6, 6.07) is -0.765. The quantitative estimate of drug-likeness (QED) is 0.164. The fourth-order valence-electron chi connectivity index (χ4n) is 2.66. The number of nitrogens with two attached hydrogens (primary N) is 1. The second-order valence-corrected chi connectivity index (χ2v) is 9.56. The van der Waals surface area contributed by atoms with Crippen molar-refractivity contribution in [1.29, 1.82) is 0 Å². The maximum atomic E-state index is 13.7. The highest BCUT2D eigenvalue weighted by Crippen LogP contribution is 2.43. The SMILES string of the molecule is CC(C)OC(=O)OC(OC(=O)OC(C)C)OP(=O)(O)COCCC(CF)n1cnc2c(N)ncnc21. The maximum absolute atomic E-state index is 13.7. The molecule has 2 rings (SSSR count). The van der Waals surface area contributed by atoms with Gasteiger partial charge in [-0.15, -0.1) is 0 Å². The second kappa shape index (κ2) is 13.3. The predicted octanol–water partition coefficient (Wildman–Crippen LogP) is 2.89. The van der Waals surface area contributed by atoms with Gasteiger partial charge in [-0.3, -0.25) is 4.57 Å². The van der Waals surface area contributed by atoms with Gasteiger partial charge in [0.2, 0.25) is 0 Å². The highest BCUT2D eigenvalue weighted by Gasteiger charge is 2.32. The van der Waals surface area contributed by atoms with E-state index in [1.807, 2.05) is 0 Å². The van der Waals surface area contributed by atoms with Crippen molar-refractivity contribution in [3.05, 3.63) is 12.7 Å². The van der Waals surface area contributed by atoms with Crippen LogP contribution < -0.4 is 5.73 Å². The Morgan fingerprint density at radius 2 is 1.69 bits per heavy atom. The van der Waals surface area contributed by atoms with Gasteiger partial charge in [0, 0.05) is 6.61 Å². The van der Waals surface area contributed by atoms with Gasteiger partial charge in [-0.1, -0.05) is 0 Å². The van der Waals surface area contributed by atoms with Crippen molar-refractivity contribution >= 4 is 36.9 Å². The molecule has 2 atom stereocenters. The number of carbonyl (C=O) groups excluding carboxylic acids is 2. The molecule has 0 aliphatic carbocycles. The number of nitrogens with zero attached hydrogens (tertiary/aromatic N) is 4. The van der Waals surface area contributed by atoms with Gasteiger partial charge in [0.25, 0.3) is 0 Å². The number of hydrogen-bond acceptors (Lipinski definition) is 13. The summed E-state index contributed by atoms with van der Waals surface area (Å²) in [5.41, 5.74) is 6.36. The largest absolute Gasteiger partial charge is 0.513 e. The number of ether oxygens (including phenoxy) is 5. The molecule has 15 nitrogen and oxygen atoms in total. The van der Waals surface area contributed by atoms with E-state index in [-0.39, 0.29) is 18.8 Å². The summed E-state index contributed by atoms with van der Waals surface area (Å²) in [5.74, 6) is 0.138. The average molecular weight is 537 g/mol. The van der Waals surface area contributed by atoms with Crippen molar-refractivity contribution in [2.24, 2.45) is 0 Å². The van der Waals surface area contributed by atoms with Gasteiger partial charge < -0.3 is 38.9 Å². The number of carbonyl (C=O) groups is 2. The molecule has 0 fully saturated rings. The average Bonchev–Trinajstić information content (AvgIpc) is 3.17. The zero-order chi connectivity index (χ0) is 26.9. The molecule has 0 aliphatic rings. The van der Waals surface area contributed by atoms with Gasteiger partial charge in [-0.25, -0.2) is 33.5 Å². The normalized spacial score (nSPS) is 14.1. The van der Waals surface area contributed by atoms with Crippen molar-refractivity contribution in [3.8, 4) is 0 Å². The fraction of sp³-hybridized carbons (Fsp3) is 0.632. The van der Waals surface area contributed by atoms with E-state index in [1.165, 1.54) is 44.9 Å². The molecule has 0 radical (unpaired) electrons. The van der Waals surface area contributed by atoms with Crippen molar-refractivity contribution in [1.82, 2.24) is 19.5 Å². The zero-order valence-corrected chi connectivity index (χ0v) is 21.0. The first-order valence-corrected chi connectivity index (χ1v) is 12.5. The maximum Gasteiger partial charge on any atom is 0.513 e. The Kier molecular flexibility index (Phi) is 10.8. The van der Waals surface area contributed by atoms with Crippen LogP contribution in [-0.4, -0.2) is 75.0 Å². The van der Waals surface area contributed by atoms with Crippen molar-refractivity contribution in [2.45, 2.75) is 58.8 Å². The van der Waals surface area contributed by atoms with E-state index in [4.69, 9.17) is 24.5 Å². The number of imidazole rings is 1. The van der Waals surface area contributed by atoms with Crippen molar-refractivity contribution in [2.75, 3.05) is 25.4 Å². The van der Waals surface area contributed by atoms with Crippen molar-refractivity contribution in [3.63, 3.8) is 0 Å². The minimum atomic E-state index is -4.64. The summed E-state index contributed by atoms with van der Waals surface area (Å²) in [6.07, 6.45) is -2.10. The lowest BCUT2D eigenvalue weighted by Crippen LogP contribution is -2.29. The van der Waals surface area contributed by atoms with E-state index in [0.29, 0.717) is 11.2 Å². The molecule has 0 spiro atoms. The summed E-state index contributed by atoms with van der Waals surface area (Å²) in [4.78, 5) is 45.5. The Balaban J connectivity index is 1.94. The third-order valence-corrected chi connectivity index (χ3v) is 5.12. The van der Waals surface area contributed by atoms with Crippen molar-refractivity contribution < 1.29 is 51.6 Å². The predicted molar refractivity (Wildman–Crippen MR) is 120 cm³/mol. The zero-order valence-electron chi connectivity index (χ0n) is 20.1. The molecule has 2 aromatic rings. The van der Waals surface area contributed by atoms with E-state index in [9.17, 15) is 23.4 Å². The van der Waals surface area contributed by atoms with Crippen LogP contribution >= 0.6 is 7.60 Å². The third-order valence-electron chi connectivity index (χ3n) is 4.11. The van der Waals surface area contributed by atoms with E-state index < -0.39 is 57.7 Å². The summed E-state index contributed by atoms with van der Waals surface area (Å²) >= 11 is 0. The lowest BCUT2D eigenvalue weighted by molar-refractivity contribution is -0.209. The molecular weight excluding hydrogens is 508 g/mol. The van der Waals surface area contributed by atoms with E-state index in [0.717, 1.165) is 0 Å². The topological polar surface area (TPSA) is 196 Å². The van der Waals surface area contributed by atoms with Gasteiger partial charge in [0.1, 0.15) is 24.9 Å². The lowest BCUT2D eigenvalue weighted by atomic mass is 10.2. The van der Waals surface area contributed by atoms with Crippen LogP contribution in [0.5, 0.6) is 0 Å². The monoisotopic (exact) mass is 537 g/mol. The molecule has 36 heavy (non-hydrogen) atoms. The van der Waals surface area contributed by atoms with Crippen LogP contribution in [-0.2, 0) is 32.8 Å². The first kappa shape index (κ1) is 29.2. The molecule has 0 bridgehead atoms. The molecule has 0 amide bonds. The van der Waals surface area contributed by atoms with Gasteiger partial charge in [0.15, 0.2) is 11.5 Å².